The smallest absolute Gasteiger partial charge is 0.412 e. The number of rotatable bonds is 4. The molecule has 0 saturated carbocycles. The molecule has 0 fully saturated rings. The summed E-state index contributed by atoms with van der Waals surface area (Å²) < 4.78 is 10.3. The summed E-state index contributed by atoms with van der Waals surface area (Å²) in [5.74, 6) is 0.723. The summed E-state index contributed by atoms with van der Waals surface area (Å²) in [5.41, 5.74) is 15.6. The Labute approximate surface area is 216 Å². The van der Waals surface area contributed by atoms with Crippen molar-refractivity contribution in [2.24, 2.45) is 0 Å². The average Bonchev–Trinajstić information content (AvgIpc) is 2.64. The Bertz CT molecular complexity index is 951. The fraction of sp³-hybridized carbons (Fsp3) is 0.500. The number of anilines is 4. The summed E-state index contributed by atoms with van der Waals surface area (Å²) in [4.78, 5) is 23.2. The molecule has 2 rings (SSSR count). The van der Waals surface area contributed by atoms with Gasteiger partial charge in [0, 0.05) is 22.7 Å². The van der Waals surface area contributed by atoms with E-state index in [1.54, 1.807) is 12.1 Å². The highest BCUT2D eigenvalue weighted by Gasteiger charge is 2.17. The molecule has 0 saturated heterocycles. The number of nitrogens with two attached hydrogens (primary N) is 2. The minimum atomic E-state index is -0.506. The molecule has 8 nitrogen and oxygen atoms in total. The Balaban J connectivity index is 0.000000360. The third-order valence-corrected chi connectivity index (χ3v) is 4.71. The highest BCUT2D eigenvalue weighted by molar-refractivity contribution is 5.86. The molecule has 6 N–H and O–H groups in total. The van der Waals surface area contributed by atoms with E-state index in [1.165, 1.54) is 0 Å². The van der Waals surface area contributed by atoms with Crippen LogP contribution < -0.4 is 22.1 Å². The lowest BCUT2D eigenvalue weighted by Gasteiger charge is -2.20. The Hall–Kier alpha value is -3.42. The Kier molecular flexibility index (Phi) is 10.6. The summed E-state index contributed by atoms with van der Waals surface area (Å²) in [6, 6.07) is 11.0. The van der Waals surface area contributed by atoms with E-state index in [0.29, 0.717) is 34.6 Å². The van der Waals surface area contributed by atoms with Gasteiger partial charge in [-0.1, -0.05) is 39.8 Å². The van der Waals surface area contributed by atoms with Crippen molar-refractivity contribution in [1.29, 1.82) is 0 Å². The molecule has 36 heavy (non-hydrogen) atoms. The van der Waals surface area contributed by atoms with E-state index >= 15 is 0 Å². The summed E-state index contributed by atoms with van der Waals surface area (Å²) in [6.07, 6.45) is -0.946. The lowest BCUT2D eigenvalue weighted by atomic mass is 10.0. The van der Waals surface area contributed by atoms with Gasteiger partial charge >= 0.3 is 12.2 Å². The molecule has 0 radical (unpaired) electrons. The van der Waals surface area contributed by atoms with Crippen molar-refractivity contribution in [2.75, 3.05) is 22.1 Å². The topological polar surface area (TPSA) is 129 Å². The van der Waals surface area contributed by atoms with E-state index in [9.17, 15) is 9.59 Å². The first-order valence-electron chi connectivity index (χ1n) is 12.2. The van der Waals surface area contributed by atoms with Gasteiger partial charge in [0.25, 0.3) is 0 Å². The van der Waals surface area contributed by atoms with Crippen LogP contribution in [0.3, 0.4) is 0 Å². The number of amides is 2. The van der Waals surface area contributed by atoms with Crippen LogP contribution in [0.25, 0.3) is 0 Å². The molecule has 0 aliphatic carbocycles. The second kappa shape index (κ2) is 12.5. The third kappa shape index (κ3) is 11.3. The first-order chi connectivity index (χ1) is 16.4. The van der Waals surface area contributed by atoms with Gasteiger partial charge in [0.1, 0.15) is 11.2 Å². The molecule has 0 aliphatic rings. The SMILES string of the molecule is CC(C)c1ccc(NC(=O)OC(C)(C)C)cc1N.CC(C)c1ccc(NC(=O)OC(C)(C)C)cc1N. The van der Waals surface area contributed by atoms with Gasteiger partial charge in [-0.05, 0) is 88.8 Å². The summed E-state index contributed by atoms with van der Waals surface area (Å²) in [6.45, 7) is 19.2. The minimum Gasteiger partial charge on any atom is -0.444 e. The lowest BCUT2D eigenvalue weighted by molar-refractivity contribution is 0.0624. The minimum absolute atomic E-state index is 0.362. The van der Waals surface area contributed by atoms with Gasteiger partial charge in [-0.3, -0.25) is 10.6 Å². The van der Waals surface area contributed by atoms with Gasteiger partial charge in [0.2, 0.25) is 0 Å². The van der Waals surface area contributed by atoms with E-state index in [2.05, 4.69) is 38.3 Å². The molecule has 0 aliphatic heterocycles. The lowest BCUT2D eigenvalue weighted by Crippen LogP contribution is -2.27. The van der Waals surface area contributed by atoms with E-state index in [-0.39, 0.29) is 0 Å². The average molecular weight is 501 g/mol. The van der Waals surface area contributed by atoms with Gasteiger partial charge in [-0.2, -0.15) is 0 Å². The monoisotopic (exact) mass is 500 g/mol. The summed E-state index contributed by atoms with van der Waals surface area (Å²) >= 11 is 0. The first kappa shape index (κ1) is 30.6. The van der Waals surface area contributed by atoms with Crippen LogP contribution in [0.4, 0.5) is 32.3 Å². The number of hydrogen-bond acceptors (Lipinski definition) is 6. The zero-order valence-corrected chi connectivity index (χ0v) is 23.4. The van der Waals surface area contributed by atoms with E-state index < -0.39 is 23.4 Å². The number of ether oxygens (including phenoxy) is 2. The molecule has 2 aromatic carbocycles. The number of hydrogen-bond donors (Lipinski definition) is 4. The number of benzene rings is 2. The van der Waals surface area contributed by atoms with Gasteiger partial charge in [-0.15, -0.1) is 0 Å². The molecular formula is C28H44N4O4. The molecule has 0 spiro atoms. The fourth-order valence-corrected chi connectivity index (χ4v) is 3.20. The second-order valence-electron chi connectivity index (χ2n) is 11.3. The van der Waals surface area contributed by atoms with Crippen molar-refractivity contribution in [2.45, 2.75) is 92.3 Å². The van der Waals surface area contributed by atoms with E-state index in [1.807, 2.05) is 65.8 Å². The van der Waals surface area contributed by atoms with Crippen molar-refractivity contribution in [3.8, 4) is 0 Å². The zero-order valence-electron chi connectivity index (χ0n) is 23.4. The highest BCUT2D eigenvalue weighted by Crippen LogP contribution is 2.26. The zero-order chi connectivity index (χ0) is 27.8. The maximum absolute atomic E-state index is 11.6. The van der Waals surface area contributed by atoms with Crippen LogP contribution in [0, 0.1) is 0 Å². The first-order valence-corrected chi connectivity index (χ1v) is 12.2. The molecule has 8 heteroatoms. The predicted molar refractivity (Wildman–Crippen MR) is 150 cm³/mol. The number of carbonyl (C=O) groups excluding carboxylic acids is 2. The molecule has 0 unspecified atom stereocenters. The van der Waals surface area contributed by atoms with Crippen LogP contribution in [0.15, 0.2) is 36.4 Å². The predicted octanol–water partition coefficient (Wildman–Crippen LogP) is 7.48. The standard InChI is InChI=1S/2C14H22N2O2/c2*1-9(2)11-7-6-10(8-12(11)15)16-13(17)18-14(3,4)5/h2*6-9H,15H2,1-5H3,(H,16,17). The van der Waals surface area contributed by atoms with Crippen molar-refractivity contribution >= 4 is 34.9 Å². The molecule has 2 aromatic rings. The Morgan fingerprint density at radius 1 is 0.667 bits per heavy atom. The molecule has 0 aromatic heterocycles. The van der Waals surface area contributed by atoms with E-state index in [4.69, 9.17) is 20.9 Å². The Morgan fingerprint density at radius 2 is 0.972 bits per heavy atom. The van der Waals surface area contributed by atoms with E-state index in [0.717, 1.165) is 11.1 Å². The molecule has 0 bridgehead atoms. The maximum Gasteiger partial charge on any atom is 0.412 e. The van der Waals surface area contributed by atoms with Crippen molar-refractivity contribution < 1.29 is 19.1 Å². The van der Waals surface area contributed by atoms with Crippen LogP contribution in [0.1, 0.15) is 92.2 Å². The van der Waals surface area contributed by atoms with Gasteiger partial charge in [-0.25, -0.2) is 9.59 Å². The highest BCUT2D eigenvalue weighted by atomic mass is 16.6. The largest absolute Gasteiger partial charge is 0.444 e. The van der Waals surface area contributed by atoms with Crippen LogP contribution >= 0.6 is 0 Å². The number of nitrogen functional groups attached to an aromatic ring is 2. The van der Waals surface area contributed by atoms with Crippen LogP contribution in [-0.2, 0) is 9.47 Å². The van der Waals surface area contributed by atoms with Gasteiger partial charge < -0.3 is 20.9 Å². The molecule has 0 atom stereocenters. The summed E-state index contributed by atoms with van der Waals surface area (Å²) in [5, 5.41) is 5.33. The fourth-order valence-electron chi connectivity index (χ4n) is 3.20. The molecule has 2 amide bonds. The van der Waals surface area contributed by atoms with Crippen molar-refractivity contribution in [3.63, 3.8) is 0 Å². The normalized spacial score (nSPS) is 11.4. The third-order valence-electron chi connectivity index (χ3n) is 4.71. The van der Waals surface area contributed by atoms with Crippen LogP contribution in [-0.4, -0.2) is 23.4 Å². The maximum atomic E-state index is 11.6. The van der Waals surface area contributed by atoms with Gasteiger partial charge in [0.15, 0.2) is 0 Å². The van der Waals surface area contributed by atoms with Crippen molar-refractivity contribution in [1.82, 2.24) is 0 Å². The Morgan fingerprint density at radius 3 is 1.19 bits per heavy atom. The molecule has 0 heterocycles. The summed E-state index contributed by atoms with van der Waals surface area (Å²) in [7, 11) is 0. The molecular weight excluding hydrogens is 456 g/mol. The van der Waals surface area contributed by atoms with Crippen LogP contribution in [0.5, 0.6) is 0 Å². The van der Waals surface area contributed by atoms with Crippen molar-refractivity contribution in [3.05, 3.63) is 47.5 Å². The number of nitrogens with one attached hydrogen (secondary N) is 2. The molecule has 200 valence electrons. The quantitative estimate of drug-likeness (QED) is 0.322. The van der Waals surface area contributed by atoms with Gasteiger partial charge in [0.05, 0.1) is 0 Å². The number of carbonyl (C=O) groups is 2. The van der Waals surface area contributed by atoms with Crippen LogP contribution in [0.2, 0.25) is 0 Å². The second-order valence-corrected chi connectivity index (χ2v) is 11.3.